The first-order chi connectivity index (χ1) is 23.1. The van der Waals surface area contributed by atoms with Gasteiger partial charge in [0.15, 0.2) is 29.6 Å². The van der Waals surface area contributed by atoms with Crippen molar-refractivity contribution in [2.45, 2.75) is 20.8 Å². The van der Waals surface area contributed by atoms with E-state index in [2.05, 4.69) is 52.8 Å². The van der Waals surface area contributed by atoms with Crippen LogP contribution in [-0.2, 0) is 14.4 Å². The van der Waals surface area contributed by atoms with Crippen LogP contribution in [0, 0.1) is 26.8 Å². The molecule has 7 N–H and O–H groups in total. The van der Waals surface area contributed by atoms with Crippen molar-refractivity contribution in [1.29, 1.82) is 0 Å². The summed E-state index contributed by atoms with van der Waals surface area (Å²) in [5, 5.41) is 18.6. The van der Waals surface area contributed by atoms with E-state index >= 15 is 0 Å². The van der Waals surface area contributed by atoms with Crippen LogP contribution in [0.3, 0.4) is 0 Å². The quantitative estimate of drug-likeness (QED) is 0.0350. The number of aryl methyl sites for hydroxylation is 3. The highest BCUT2D eigenvalue weighted by molar-refractivity contribution is 7.28. The highest BCUT2D eigenvalue weighted by atomic mass is 32.1. The summed E-state index contributed by atoms with van der Waals surface area (Å²) in [6.07, 6.45) is 2.96. The Labute approximate surface area is 293 Å². The van der Waals surface area contributed by atoms with Crippen molar-refractivity contribution in [1.82, 2.24) is 10.6 Å². The van der Waals surface area contributed by atoms with E-state index in [1.54, 1.807) is 51.4 Å². The number of amides is 2. The number of aliphatic imine (C=N–C) groups is 1. The lowest BCUT2D eigenvalue weighted by molar-refractivity contribution is -0.125. The topological polar surface area (TPSA) is 186 Å². The van der Waals surface area contributed by atoms with E-state index in [1.165, 1.54) is 36.9 Å². The van der Waals surface area contributed by atoms with Gasteiger partial charge in [0.1, 0.15) is 13.2 Å². The van der Waals surface area contributed by atoms with Crippen molar-refractivity contribution in [2.24, 2.45) is 21.6 Å². The summed E-state index contributed by atoms with van der Waals surface area (Å²) in [5.41, 5.74) is 14.0. The molecule has 5 heterocycles. The molecule has 16 heteroatoms. The molecule has 4 aromatic rings. The molecule has 0 fully saturated rings. The Morgan fingerprint density at radius 2 is 1.65 bits per heavy atom. The molecule has 48 heavy (non-hydrogen) atoms. The van der Waals surface area contributed by atoms with Gasteiger partial charge in [-0.2, -0.15) is 0 Å². The minimum atomic E-state index is -0.482. The van der Waals surface area contributed by atoms with Crippen LogP contribution in [-0.4, -0.2) is 63.4 Å². The standard InChI is InChI=1S/C32H33N7O5S4/c1-17-10-21(13-20(14-33)31(41)37-6-7-39-44-15-25(40)36-4-5-38-32(34)35)46-27(17)28-18(2)11-23(47-28)24-12-19(3)29(48-24)30-26-22(16-45-30)42-8-9-43-26/h7,10-13,16H,4-6,8-9,15H2,1-3H3,(H,36,40)(H,37,41)(H4,34,35,38)/p+1/b20-13+,39-7-. The number of thiophene rings is 4. The van der Waals surface area contributed by atoms with Crippen LogP contribution in [0.2, 0.25) is 0 Å². The lowest BCUT2D eigenvalue weighted by Crippen LogP contribution is -2.31. The Morgan fingerprint density at radius 1 is 0.979 bits per heavy atom. The number of nitrogens with two attached hydrogens (primary N) is 2. The van der Waals surface area contributed by atoms with Crippen LogP contribution in [0.25, 0.3) is 35.3 Å². The van der Waals surface area contributed by atoms with Gasteiger partial charge in [-0.3, -0.25) is 14.6 Å². The summed E-state index contributed by atoms with van der Waals surface area (Å²) in [4.78, 5) is 40.9. The van der Waals surface area contributed by atoms with E-state index in [9.17, 15) is 9.59 Å². The first kappa shape index (κ1) is 34.6. The summed E-state index contributed by atoms with van der Waals surface area (Å²) >= 11 is 6.72. The van der Waals surface area contributed by atoms with Gasteiger partial charge in [0.05, 0.1) is 29.1 Å². The van der Waals surface area contributed by atoms with E-state index in [0.29, 0.717) is 13.2 Å². The van der Waals surface area contributed by atoms with Gasteiger partial charge in [-0.15, -0.1) is 45.3 Å². The third-order valence-corrected chi connectivity index (χ3v) is 11.9. The van der Waals surface area contributed by atoms with Crippen LogP contribution in [0.5, 0.6) is 11.5 Å². The molecule has 0 radical (unpaired) electrons. The number of ether oxygens (including phenoxy) is 2. The maximum Gasteiger partial charge on any atom is 0.314 e. The highest BCUT2D eigenvalue weighted by Crippen LogP contribution is 2.51. The van der Waals surface area contributed by atoms with E-state index in [0.717, 1.165) is 31.7 Å². The number of hydrogen-bond acceptors (Lipinski definition) is 11. The Kier molecular flexibility index (Phi) is 11.5. The Balaban J connectivity index is 1.20. The molecule has 1 aliphatic rings. The number of guanidine groups is 1. The molecule has 0 saturated heterocycles. The van der Waals surface area contributed by atoms with Crippen LogP contribution < -0.4 is 36.8 Å². The van der Waals surface area contributed by atoms with Crippen molar-refractivity contribution in [3.8, 4) is 46.8 Å². The molecule has 1 aliphatic heterocycles. The second-order valence-electron chi connectivity index (χ2n) is 10.5. The molecule has 0 aromatic carbocycles. The average molecular weight is 725 g/mol. The molecule has 0 atom stereocenters. The number of rotatable bonds is 13. The van der Waals surface area contributed by atoms with Crippen molar-refractivity contribution >= 4 is 75.4 Å². The van der Waals surface area contributed by atoms with E-state index in [4.69, 9.17) is 31.0 Å². The van der Waals surface area contributed by atoms with Crippen LogP contribution in [0.4, 0.5) is 0 Å². The SMILES string of the molecule is Cc1cc(/C=C(\C#[NH+])C(=O)NC/C=N\OCC(=O)NCCN=C(N)N)sc1-c1sc(-c2cc(C)c(-c3scc4c3OCCO4)s2)cc1C. The van der Waals surface area contributed by atoms with Gasteiger partial charge >= 0.3 is 6.07 Å². The van der Waals surface area contributed by atoms with Crippen LogP contribution in [0.1, 0.15) is 21.6 Å². The molecule has 250 valence electrons. The first-order valence-corrected chi connectivity index (χ1v) is 18.1. The van der Waals surface area contributed by atoms with Gasteiger partial charge in [0.25, 0.3) is 11.8 Å². The Bertz CT molecular complexity index is 1940. The number of nitrogens with one attached hydrogen (secondary N) is 3. The summed E-state index contributed by atoms with van der Waals surface area (Å²) < 4.78 is 11.7. The Hall–Kier alpha value is -4.69. The average Bonchev–Trinajstić information content (AvgIpc) is 3.84. The Morgan fingerprint density at radius 3 is 2.35 bits per heavy atom. The maximum atomic E-state index is 12.7. The van der Waals surface area contributed by atoms with Gasteiger partial charge < -0.3 is 36.4 Å². The van der Waals surface area contributed by atoms with E-state index < -0.39 is 5.91 Å². The fourth-order valence-corrected chi connectivity index (χ4v) is 9.57. The summed E-state index contributed by atoms with van der Waals surface area (Å²) in [5.74, 6) is 0.735. The minimum Gasteiger partial charge on any atom is -0.485 e. The molecule has 5 rings (SSSR count). The molecule has 0 unspecified atom stereocenters. The van der Waals surface area contributed by atoms with Crippen molar-refractivity contribution in [2.75, 3.05) is 39.5 Å². The van der Waals surface area contributed by atoms with Crippen molar-refractivity contribution < 1.29 is 29.2 Å². The zero-order valence-corrected chi connectivity index (χ0v) is 29.7. The fraction of sp³-hybridized carbons (Fsp3) is 0.281. The summed E-state index contributed by atoms with van der Waals surface area (Å²) in [6, 6.07) is 8.70. The number of oxime groups is 1. The molecule has 0 bridgehead atoms. The molecule has 0 aliphatic carbocycles. The van der Waals surface area contributed by atoms with E-state index in [-0.39, 0.29) is 43.7 Å². The number of fused-ring (bicyclic) bond motifs is 1. The van der Waals surface area contributed by atoms with Gasteiger partial charge in [-0.05, 0) is 61.7 Å². The third-order valence-electron chi connectivity index (χ3n) is 6.82. The number of hydrogen-bond donors (Lipinski definition) is 5. The van der Waals surface area contributed by atoms with Crippen LogP contribution in [0.15, 0.2) is 39.3 Å². The zero-order valence-electron chi connectivity index (χ0n) is 26.4. The van der Waals surface area contributed by atoms with Crippen LogP contribution >= 0.6 is 45.3 Å². The number of nitrogens with zero attached hydrogens (tertiary/aromatic N) is 2. The van der Waals surface area contributed by atoms with Crippen molar-refractivity contribution in [3.63, 3.8) is 0 Å². The van der Waals surface area contributed by atoms with Gasteiger partial charge in [0.2, 0.25) is 0 Å². The monoisotopic (exact) mass is 724 g/mol. The molecule has 12 nitrogen and oxygen atoms in total. The predicted molar refractivity (Wildman–Crippen MR) is 193 cm³/mol. The molecular weight excluding hydrogens is 691 g/mol. The zero-order chi connectivity index (χ0) is 34.2. The molecule has 2 amide bonds. The molecule has 4 aromatic heterocycles. The molecular formula is C32H34N7O5S4+. The summed E-state index contributed by atoms with van der Waals surface area (Å²) in [7, 11) is 0. The minimum absolute atomic E-state index is 0.0372. The maximum absolute atomic E-state index is 12.7. The second-order valence-corrected chi connectivity index (χ2v) is 14.5. The normalized spacial score (nSPS) is 12.5. The number of carbonyl (C=O) groups excluding carboxylic acids is 2. The molecule has 0 saturated carbocycles. The van der Waals surface area contributed by atoms with Gasteiger partial charge in [-0.25, -0.2) is 0 Å². The van der Waals surface area contributed by atoms with Gasteiger partial charge in [0, 0.05) is 36.3 Å². The molecule has 0 spiro atoms. The largest absolute Gasteiger partial charge is 0.485 e. The number of carbonyl (C=O) groups is 2. The van der Waals surface area contributed by atoms with E-state index in [1.807, 2.05) is 18.4 Å². The first-order valence-electron chi connectivity index (χ1n) is 14.7. The summed E-state index contributed by atoms with van der Waals surface area (Å²) in [6.45, 7) is 7.68. The highest BCUT2D eigenvalue weighted by Gasteiger charge is 2.24. The van der Waals surface area contributed by atoms with Crippen molar-refractivity contribution in [3.05, 3.63) is 50.7 Å². The van der Waals surface area contributed by atoms with Gasteiger partial charge in [-0.1, -0.05) is 10.4 Å². The third kappa shape index (κ3) is 8.42. The predicted octanol–water partition coefficient (Wildman–Crippen LogP) is 3.29. The fourth-order valence-electron chi connectivity index (χ4n) is 4.63. The second kappa shape index (κ2) is 15.9. The lowest BCUT2D eigenvalue weighted by Gasteiger charge is -2.15. The smallest absolute Gasteiger partial charge is 0.314 e. The lowest BCUT2D eigenvalue weighted by atomic mass is 10.1.